The molecule has 0 spiro atoms. The van der Waals surface area contributed by atoms with E-state index < -0.39 is 0 Å². The Bertz CT molecular complexity index is 170. The van der Waals surface area contributed by atoms with Crippen LogP contribution in [0.5, 0.6) is 0 Å². The van der Waals surface area contributed by atoms with Gasteiger partial charge in [0.2, 0.25) is 0 Å². The SMILES string of the molecule is C1CCC(COCC2CCCC2)C1.CCCCCCC. The molecular formula is C19H38O. The first kappa shape index (κ1) is 18.0. The molecule has 0 aromatic rings. The Kier molecular flexibility index (Phi) is 11.4. The molecule has 0 atom stereocenters. The summed E-state index contributed by atoms with van der Waals surface area (Å²) in [5.74, 6) is 1.81. The summed E-state index contributed by atoms with van der Waals surface area (Å²) in [6.45, 7) is 6.60. The van der Waals surface area contributed by atoms with E-state index in [-0.39, 0.29) is 0 Å². The van der Waals surface area contributed by atoms with Crippen LogP contribution in [0.15, 0.2) is 0 Å². The second-order valence-corrected chi connectivity index (χ2v) is 6.90. The summed E-state index contributed by atoms with van der Waals surface area (Å²) >= 11 is 0. The predicted molar refractivity (Wildman–Crippen MR) is 89.2 cm³/mol. The number of hydrogen-bond acceptors (Lipinski definition) is 1. The van der Waals surface area contributed by atoms with Gasteiger partial charge in [0, 0.05) is 13.2 Å². The monoisotopic (exact) mass is 282 g/mol. The standard InChI is InChI=1S/C12H22O.C7H16/c1-2-6-11(5-1)9-13-10-12-7-3-4-8-12;1-3-5-7-6-4-2/h11-12H,1-10H2;3-7H2,1-2H3. The summed E-state index contributed by atoms with van der Waals surface area (Å²) in [5.41, 5.74) is 0. The van der Waals surface area contributed by atoms with Gasteiger partial charge in [0.05, 0.1) is 0 Å². The lowest BCUT2D eigenvalue weighted by Crippen LogP contribution is -2.11. The van der Waals surface area contributed by atoms with E-state index in [4.69, 9.17) is 4.74 Å². The fraction of sp³-hybridized carbons (Fsp3) is 1.00. The van der Waals surface area contributed by atoms with Crippen LogP contribution in [0, 0.1) is 11.8 Å². The summed E-state index contributed by atoms with van der Waals surface area (Å²) < 4.78 is 5.80. The van der Waals surface area contributed by atoms with E-state index in [0.29, 0.717) is 0 Å². The Labute approximate surface area is 127 Å². The molecule has 0 amide bonds. The van der Waals surface area contributed by atoms with Gasteiger partial charge in [0.15, 0.2) is 0 Å². The summed E-state index contributed by atoms with van der Waals surface area (Å²) in [7, 11) is 0. The van der Waals surface area contributed by atoms with Crippen molar-refractivity contribution in [2.75, 3.05) is 13.2 Å². The molecule has 0 heterocycles. The Balaban J connectivity index is 0.000000246. The quantitative estimate of drug-likeness (QED) is 0.471. The zero-order valence-corrected chi connectivity index (χ0v) is 14.2. The molecule has 0 radical (unpaired) electrons. The normalized spacial score (nSPS) is 20.1. The average Bonchev–Trinajstić information content (AvgIpc) is 3.13. The van der Waals surface area contributed by atoms with E-state index in [9.17, 15) is 0 Å². The zero-order chi connectivity index (χ0) is 14.5. The van der Waals surface area contributed by atoms with Gasteiger partial charge < -0.3 is 4.74 Å². The third-order valence-corrected chi connectivity index (χ3v) is 4.86. The third kappa shape index (κ3) is 9.00. The van der Waals surface area contributed by atoms with Crippen LogP contribution in [0.25, 0.3) is 0 Å². The molecule has 1 nitrogen and oxygen atoms in total. The fourth-order valence-electron chi connectivity index (χ4n) is 3.43. The molecule has 2 rings (SSSR count). The van der Waals surface area contributed by atoms with Crippen LogP contribution < -0.4 is 0 Å². The zero-order valence-electron chi connectivity index (χ0n) is 14.2. The van der Waals surface area contributed by atoms with E-state index in [0.717, 1.165) is 25.0 Å². The molecule has 0 aromatic heterocycles. The van der Waals surface area contributed by atoms with Crippen molar-refractivity contribution in [1.29, 1.82) is 0 Å². The second kappa shape index (κ2) is 12.7. The lowest BCUT2D eigenvalue weighted by molar-refractivity contribution is 0.0743. The molecule has 2 aliphatic carbocycles. The number of rotatable bonds is 8. The molecule has 0 saturated heterocycles. The maximum absolute atomic E-state index is 5.80. The average molecular weight is 283 g/mol. The molecule has 0 aliphatic heterocycles. The Morgan fingerprint density at radius 3 is 1.40 bits per heavy atom. The molecule has 120 valence electrons. The summed E-state index contributed by atoms with van der Waals surface area (Å²) in [6.07, 6.45) is 18.5. The van der Waals surface area contributed by atoms with Crippen LogP contribution in [-0.4, -0.2) is 13.2 Å². The number of ether oxygens (including phenoxy) is 1. The predicted octanol–water partition coefficient (Wildman–Crippen LogP) is 6.36. The van der Waals surface area contributed by atoms with Crippen molar-refractivity contribution in [2.45, 2.75) is 97.3 Å². The van der Waals surface area contributed by atoms with Crippen LogP contribution in [0.1, 0.15) is 97.3 Å². The maximum atomic E-state index is 5.80. The van der Waals surface area contributed by atoms with Gasteiger partial charge in [-0.25, -0.2) is 0 Å². The minimum Gasteiger partial charge on any atom is -0.381 e. The van der Waals surface area contributed by atoms with Crippen molar-refractivity contribution in [3.8, 4) is 0 Å². The fourth-order valence-corrected chi connectivity index (χ4v) is 3.43. The topological polar surface area (TPSA) is 9.23 Å². The molecule has 20 heavy (non-hydrogen) atoms. The van der Waals surface area contributed by atoms with Crippen LogP contribution in [0.4, 0.5) is 0 Å². The number of unbranched alkanes of at least 4 members (excludes halogenated alkanes) is 4. The van der Waals surface area contributed by atoms with E-state index in [1.165, 1.54) is 83.5 Å². The molecule has 0 unspecified atom stereocenters. The highest BCUT2D eigenvalue weighted by atomic mass is 16.5. The highest BCUT2D eigenvalue weighted by Crippen LogP contribution is 2.27. The van der Waals surface area contributed by atoms with E-state index >= 15 is 0 Å². The molecule has 2 aliphatic rings. The lowest BCUT2D eigenvalue weighted by Gasteiger charge is -2.13. The van der Waals surface area contributed by atoms with Crippen molar-refractivity contribution in [3.63, 3.8) is 0 Å². The van der Waals surface area contributed by atoms with Gasteiger partial charge in [0.25, 0.3) is 0 Å². The largest absolute Gasteiger partial charge is 0.381 e. The maximum Gasteiger partial charge on any atom is 0.0494 e. The van der Waals surface area contributed by atoms with Crippen LogP contribution in [-0.2, 0) is 4.74 Å². The van der Waals surface area contributed by atoms with Crippen molar-refractivity contribution in [3.05, 3.63) is 0 Å². The van der Waals surface area contributed by atoms with E-state index in [1.807, 2.05) is 0 Å². The minimum atomic E-state index is 0.904. The Hall–Kier alpha value is -0.0400. The molecule has 0 N–H and O–H groups in total. The minimum absolute atomic E-state index is 0.904. The Morgan fingerprint density at radius 2 is 1.05 bits per heavy atom. The highest BCUT2D eigenvalue weighted by molar-refractivity contribution is 4.69. The molecular weight excluding hydrogens is 244 g/mol. The number of hydrogen-bond donors (Lipinski definition) is 0. The first-order chi connectivity index (χ1) is 9.86. The molecule has 0 aromatic carbocycles. The third-order valence-electron chi connectivity index (χ3n) is 4.86. The van der Waals surface area contributed by atoms with Crippen LogP contribution >= 0.6 is 0 Å². The van der Waals surface area contributed by atoms with Crippen LogP contribution in [0.2, 0.25) is 0 Å². The summed E-state index contributed by atoms with van der Waals surface area (Å²) in [5, 5.41) is 0. The van der Waals surface area contributed by atoms with Gasteiger partial charge in [-0.3, -0.25) is 0 Å². The van der Waals surface area contributed by atoms with Crippen molar-refractivity contribution >= 4 is 0 Å². The van der Waals surface area contributed by atoms with Crippen LogP contribution in [0.3, 0.4) is 0 Å². The molecule has 0 bridgehead atoms. The lowest BCUT2D eigenvalue weighted by atomic mass is 10.1. The molecule has 1 heteroatoms. The van der Waals surface area contributed by atoms with Crippen molar-refractivity contribution < 1.29 is 4.74 Å². The van der Waals surface area contributed by atoms with Gasteiger partial charge in [-0.05, 0) is 37.5 Å². The van der Waals surface area contributed by atoms with E-state index in [2.05, 4.69) is 13.8 Å². The highest BCUT2D eigenvalue weighted by Gasteiger charge is 2.18. The first-order valence-electron chi connectivity index (χ1n) is 9.44. The van der Waals surface area contributed by atoms with Gasteiger partial charge in [-0.15, -0.1) is 0 Å². The van der Waals surface area contributed by atoms with Gasteiger partial charge in [-0.1, -0.05) is 71.6 Å². The first-order valence-corrected chi connectivity index (χ1v) is 9.44. The molecule has 2 fully saturated rings. The molecule has 2 saturated carbocycles. The second-order valence-electron chi connectivity index (χ2n) is 6.90. The van der Waals surface area contributed by atoms with Gasteiger partial charge >= 0.3 is 0 Å². The summed E-state index contributed by atoms with van der Waals surface area (Å²) in [6, 6.07) is 0. The van der Waals surface area contributed by atoms with E-state index in [1.54, 1.807) is 0 Å². The Morgan fingerprint density at radius 1 is 0.650 bits per heavy atom. The summed E-state index contributed by atoms with van der Waals surface area (Å²) in [4.78, 5) is 0. The van der Waals surface area contributed by atoms with Gasteiger partial charge in [-0.2, -0.15) is 0 Å². The van der Waals surface area contributed by atoms with Crippen molar-refractivity contribution in [1.82, 2.24) is 0 Å². The van der Waals surface area contributed by atoms with Gasteiger partial charge in [0.1, 0.15) is 0 Å². The smallest absolute Gasteiger partial charge is 0.0494 e. The van der Waals surface area contributed by atoms with Crippen molar-refractivity contribution in [2.24, 2.45) is 11.8 Å².